The largest absolute Gasteiger partial charge is 0.355 e. The van der Waals surface area contributed by atoms with E-state index >= 15 is 0 Å². The second-order valence-electron chi connectivity index (χ2n) is 17.2. The van der Waals surface area contributed by atoms with Crippen LogP contribution >= 0.6 is 0 Å². The molecule has 280 valence electrons. The third-order valence-corrected chi connectivity index (χ3v) is 13.3. The van der Waals surface area contributed by atoms with Gasteiger partial charge in [0, 0.05) is 11.4 Å². The Morgan fingerprint density at radius 3 is 0.525 bits per heavy atom. The van der Waals surface area contributed by atoms with Gasteiger partial charge in [0.2, 0.25) is 0 Å². The molecule has 14 aromatic rings. The zero-order valence-corrected chi connectivity index (χ0v) is 33.1. The van der Waals surface area contributed by atoms with Gasteiger partial charge in [-0.2, -0.15) is 0 Å². The van der Waals surface area contributed by atoms with Gasteiger partial charge in [0.05, 0.1) is 0 Å². The Hall–Kier alpha value is -8.00. The lowest BCUT2D eigenvalue weighted by atomic mass is 9.95. The van der Waals surface area contributed by atoms with Gasteiger partial charge in [0.25, 0.3) is 0 Å². The Labute approximate surface area is 350 Å². The Balaban J connectivity index is 0.801. The molecule has 61 heavy (non-hydrogen) atoms. The quantitative estimate of drug-likeness (QED) is 0.173. The fourth-order valence-corrected chi connectivity index (χ4v) is 10.2. The number of benzene rings is 14. The molecule has 0 amide bonds. The monoisotopic (exact) mass is 769 g/mol. The van der Waals surface area contributed by atoms with Crippen molar-refractivity contribution in [3.63, 3.8) is 0 Å². The van der Waals surface area contributed by atoms with Crippen molar-refractivity contribution >= 4 is 141 Å². The molecule has 0 spiro atoms. The molecule has 0 saturated carbocycles. The fraction of sp³-hybridized carbons (Fsp3) is 0. The molecule has 0 aliphatic heterocycles. The minimum Gasteiger partial charge on any atom is -0.355 e. The van der Waals surface area contributed by atoms with Gasteiger partial charge in [-0.1, -0.05) is 60.7 Å². The summed E-state index contributed by atoms with van der Waals surface area (Å²) >= 11 is 0. The van der Waals surface area contributed by atoms with Gasteiger partial charge in [-0.3, -0.25) is 0 Å². The van der Waals surface area contributed by atoms with Crippen LogP contribution in [-0.4, -0.2) is 0 Å². The number of nitrogens with one attached hydrogen (secondary N) is 1. The van der Waals surface area contributed by atoms with Gasteiger partial charge in [-0.05, 0) is 275 Å². The van der Waals surface area contributed by atoms with Crippen molar-refractivity contribution in [3.8, 4) is 0 Å². The zero-order valence-electron chi connectivity index (χ0n) is 33.1. The maximum absolute atomic E-state index is 3.74. The highest BCUT2D eigenvalue weighted by Crippen LogP contribution is 2.37. The molecule has 1 nitrogen and oxygen atoms in total. The van der Waals surface area contributed by atoms with Crippen molar-refractivity contribution in [1.29, 1.82) is 0 Å². The minimum absolute atomic E-state index is 1.08. The maximum atomic E-state index is 3.74. The van der Waals surface area contributed by atoms with Crippen LogP contribution in [-0.2, 0) is 0 Å². The van der Waals surface area contributed by atoms with Gasteiger partial charge in [-0.25, -0.2) is 0 Å². The lowest BCUT2D eigenvalue weighted by Crippen LogP contribution is -1.90. The molecule has 0 atom stereocenters. The highest BCUT2D eigenvalue weighted by atomic mass is 14.9. The first kappa shape index (κ1) is 32.9. The van der Waals surface area contributed by atoms with Gasteiger partial charge < -0.3 is 5.32 Å². The molecular weight excluding hydrogens is 735 g/mol. The molecule has 14 aromatic carbocycles. The highest BCUT2D eigenvalue weighted by Gasteiger charge is 2.10. The summed E-state index contributed by atoms with van der Waals surface area (Å²) in [5.41, 5.74) is 2.16. The number of anilines is 2. The Morgan fingerprint density at radius 2 is 0.311 bits per heavy atom. The number of hydrogen-bond donors (Lipinski definition) is 1. The van der Waals surface area contributed by atoms with Crippen molar-refractivity contribution in [2.75, 3.05) is 5.32 Å². The summed E-state index contributed by atoms with van der Waals surface area (Å²) in [6, 6.07) is 77.6. The lowest BCUT2D eigenvalue weighted by molar-refractivity contribution is 1.59. The van der Waals surface area contributed by atoms with Gasteiger partial charge in [-0.15, -0.1) is 0 Å². The molecule has 0 radical (unpaired) electrons. The molecule has 1 heteroatoms. The Kier molecular flexibility index (Phi) is 6.62. The van der Waals surface area contributed by atoms with Crippen molar-refractivity contribution in [3.05, 3.63) is 206 Å². The summed E-state index contributed by atoms with van der Waals surface area (Å²) in [4.78, 5) is 0. The van der Waals surface area contributed by atoms with Gasteiger partial charge in [0.1, 0.15) is 0 Å². The standard InChI is InChI=1S/C60H35N/c1-3-7-37-15-43-21-49-27-53-29-55-31-57-33-59(11-9-39(57)17-45(55)23-51(53)25-47(49)19-41(43)13-35(37)5-1)61-60-12-10-40-18-46-24-52-26-48-20-42-14-36-6-2-4-8-38(36)16-44(42)22-50(48)28-54(52)30-56(46)32-58(40)34-60/h1-34,61H. The zero-order chi connectivity index (χ0) is 39.8. The molecule has 0 aliphatic rings. The van der Waals surface area contributed by atoms with E-state index in [4.69, 9.17) is 0 Å². The van der Waals surface area contributed by atoms with Crippen LogP contribution in [0.2, 0.25) is 0 Å². The van der Waals surface area contributed by atoms with Crippen LogP contribution < -0.4 is 5.32 Å². The first-order valence-electron chi connectivity index (χ1n) is 21.2. The van der Waals surface area contributed by atoms with E-state index in [0.717, 1.165) is 11.4 Å². The summed E-state index contributed by atoms with van der Waals surface area (Å²) in [5, 5.41) is 34.1. The molecule has 0 unspecified atom stereocenters. The summed E-state index contributed by atoms with van der Waals surface area (Å²) in [5.74, 6) is 0. The smallest absolute Gasteiger partial charge is 0.0390 e. The maximum Gasteiger partial charge on any atom is 0.0390 e. The normalized spacial score (nSPS) is 12.3. The molecule has 0 fully saturated rings. The van der Waals surface area contributed by atoms with E-state index in [9.17, 15) is 0 Å². The van der Waals surface area contributed by atoms with Crippen molar-refractivity contribution in [1.82, 2.24) is 0 Å². The van der Waals surface area contributed by atoms with Gasteiger partial charge in [0.15, 0.2) is 0 Å². The van der Waals surface area contributed by atoms with E-state index in [-0.39, 0.29) is 0 Å². The minimum atomic E-state index is 1.08. The van der Waals surface area contributed by atoms with E-state index in [2.05, 4.69) is 212 Å². The average Bonchev–Trinajstić information content (AvgIpc) is 3.27. The van der Waals surface area contributed by atoms with Crippen LogP contribution in [0.25, 0.3) is 129 Å². The third-order valence-electron chi connectivity index (χ3n) is 13.3. The van der Waals surface area contributed by atoms with E-state index < -0.39 is 0 Å². The predicted octanol–water partition coefficient (Wildman–Crippen LogP) is 17.3. The molecule has 0 heterocycles. The second kappa shape index (κ2) is 12.3. The van der Waals surface area contributed by atoms with Crippen LogP contribution in [0.1, 0.15) is 0 Å². The molecule has 0 bridgehead atoms. The number of hydrogen-bond acceptors (Lipinski definition) is 1. The molecule has 1 N–H and O–H groups in total. The highest BCUT2D eigenvalue weighted by molar-refractivity contribution is 6.14. The van der Waals surface area contributed by atoms with E-state index in [1.807, 2.05) is 0 Å². The number of fused-ring (bicyclic) bond motifs is 12. The second-order valence-corrected chi connectivity index (χ2v) is 17.2. The summed E-state index contributed by atoms with van der Waals surface area (Å²) in [6.07, 6.45) is 0. The Bertz CT molecular complexity index is 3980. The predicted molar refractivity (Wildman–Crippen MR) is 266 cm³/mol. The first-order valence-corrected chi connectivity index (χ1v) is 21.2. The summed E-state index contributed by atoms with van der Waals surface area (Å²) < 4.78 is 0. The number of rotatable bonds is 2. The average molecular weight is 770 g/mol. The topological polar surface area (TPSA) is 12.0 Å². The molecule has 0 aromatic heterocycles. The van der Waals surface area contributed by atoms with Crippen LogP contribution in [0.15, 0.2) is 206 Å². The van der Waals surface area contributed by atoms with Crippen LogP contribution in [0.5, 0.6) is 0 Å². The first-order chi connectivity index (χ1) is 30.0. The fourth-order valence-electron chi connectivity index (χ4n) is 10.2. The van der Waals surface area contributed by atoms with Gasteiger partial charge >= 0.3 is 0 Å². The molecule has 14 rings (SSSR count). The van der Waals surface area contributed by atoms with Crippen molar-refractivity contribution in [2.45, 2.75) is 0 Å². The summed E-state index contributed by atoms with van der Waals surface area (Å²) in [6.45, 7) is 0. The van der Waals surface area contributed by atoms with Crippen molar-refractivity contribution in [2.24, 2.45) is 0 Å². The van der Waals surface area contributed by atoms with E-state index in [0.29, 0.717) is 0 Å². The Morgan fingerprint density at radius 1 is 0.148 bits per heavy atom. The van der Waals surface area contributed by atoms with Crippen LogP contribution in [0.4, 0.5) is 11.4 Å². The van der Waals surface area contributed by atoms with Crippen LogP contribution in [0, 0.1) is 0 Å². The van der Waals surface area contributed by atoms with E-state index in [1.165, 1.54) is 129 Å². The molecule has 0 aliphatic carbocycles. The summed E-state index contributed by atoms with van der Waals surface area (Å²) in [7, 11) is 0. The SMILES string of the molecule is c1ccc2cc3cc4cc5cc6cc7cc(Nc8ccc9cc%10cc%11cc%12cc%13cc%14ccccc%14cc%13cc%12cc%11cc%10cc9c8)ccc7cc6cc5cc4cc3cc2c1. The third kappa shape index (κ3) is 5.34. The van der Waals surface area contributed by atoms with Crippen molar-refractivity contribution < 1.29 is 0 Å². The van der Waals surface area contributed by atoms with Crippen LogP contribution in [0.3, 0.4) is 0 Å². The molecule has 0 saturated heterocycles. The van der Waals surface area contributed by atoms with E-state index in [1.54, 1.807) is 0 Å². The lowest BCUT2D eigenvalue weighted by Gasteiger charge is -2.12. The molecular formula is C60H35N.